The molecule has 0 spiro atoms. The van der Waals surface area contributed by atoms with E-state index in [1.807, 2.05) is 30.3 Å². The van der Waals surface area contributed by atoms with E-state index in [1.165, 1.54) is 17.5 Å². The second-order valence-electron chi connectivity index (χ2n) is 9.24. The molecule has 11 heteroatoms. The Kier molecular flexibility index (Phi) is 8.11. The number of rotatable bonds is 10. The van der Waals surface area contributed by atoms with Gasteiger partial charge < -0.3 is 21.4 Å². The minimum atomic E-state index is -0.980. The number of nitrogens with one attached hydrogen (secondary N) is 3. The molecular formula is C29H26F2N6O2S. The molecule has 5 aromatic rings. The number of carbonyl (C=O) groups excluding carboxylic acids is 2. The maximum absolute atomic E-state index is 13.7. The fourth-order valence-electron chi connectivity index (χ4n) is 4.40. The van der Waals surface area contributed by atoms with E-state index in [4.69, 9.17) is 5.73 Å². The molecule has 2 aromatic heterocycles. The van der Waals surface area contributed by atoms with Crippen LogP contribution in [0.15, 0.2) is 72.5 Å². The number of unbranched alkanes of at least 4 members (excludes halogenated alkanes) is 1. The van der Waals surface area contributed by atoms with E-state index in [1.54, 1.807) is 11.7 Å². The molecule has 2 amide bonds. The summed E-state index contributed by atoms with van der Waals surface area (Å²) in [5.41, 5.74) is 8.33. The maximum atomic E-state index is 13.7. The lowest BCUT2D eigenvalue weighted by atomic mass is 10.1. The Morgan fingerprint density at radius 1 is 1.00 bits per heavy atom. The maximum Gasteiger partial charge on any atom is 0.263 e. The van der Waals surface area contributed by atoms with E-state index >= 15 is 0 Å². The molecule has 40 heavy (non-hydrogen) atoms. The van der Waals surface area contributed by atoms with Gasteiger partial charge in [0.1, 0.15) is 22.3 Å². The Morgan fingerprint density at radius 3 is 2.62 bits per heavy atom. The molecule has 5 rings (SSSR count). The summed E-state index contributed by atoms with van der Waals surface area (Å²) in [6, 6.07) is 15.3. The van der Waals surface area contributed by atoms with E-state index in [0.717, 1.165) is 28.1 Å². The summed E-state index contributed by atoms with van der Waals surface area (Å²) >= 11 is 1.24. The topological polar surface area (TPSA) is 126 Å². The molecule has 0 aliphatic rings. The van der Waals surface area contributed by atoms with Gasteiger partial charge in [0.05, 0.1) is 40.9 Å². The zero-order chi connectivity index (χ0) is 28.1. The first-order chi connectivity index (χ1) is 19.4. The number of hydrogen-bond acceptors (Lipinski definition) is 6. The lowest BCUT2D eigenvalue weighted by Gasteiger charge is -2.16. The number of benzene rings is 3. The monoisotopic (exact) mass is 560 g/mol. The highest BCUT2D eigenvalue weighted by Crippen LogP contribution is 2.26. The number of H-pyrrole nitrogens is 1. The van der Waals surface area contributed by atoms with Crippen molar-refractivity contribution in [1.82, 2.24) is 25.6 Å². The van der Waals surface area contributed by atoms with Crippen molar-refractivity contribution < 1.29 is 18.4 Å². The highest BCUT2D eigenvalue weighted by molar-refractivity contribution is 7.11. The van der Waals surface area contributed by atoms with Crippen LogP contribution in [0.2, 0.25) is 0 Å². The Bertz CT molecular complexity index is 1650. The van der Waals surface area contributed by atoms with Crippen LogP contribution >= 0.6 is 11.3 Å². The highest BCUT2D eigenvalue weighted by Gasteiger charge is 2.20. The molecule has 0 aliphatic heterocycles. The standard InChI is InChI=1S/C29H26F2N6O2S/c30-20-12-21(26(32)22(31)13-20)28(38)34-10-4-3-7-23(37-29(39)25-15-33-16-40-25)27-35-14-24(36-27)19-9-8-17-5-1-2-6-18(17)11-19/h1-2,5-6,8-9,11-16,23H,3-4,7,10,32H2,(H,34,38)(H,35,36)(H,37,39)/t23-/m0/s1. The third-order valence-electron chi connectivity index (χ3n) is 6.49. The van der Waals surface area contributed by atoms with Crippen molar-refractivity contribution >= 4 is 39.6 Å². The average molecular weight is 561 g/mol. The minimum absolute atomic E-state index is 0.246. The van der Waals surface area contributed by atoms with Gasteiger partial charge in [-0.1, -0.05) is 36.4 Å². The van der Waals surface area contributed by atoms with Crippen LogP contribution in [0.1, 0.15) is 51.2 Å². The summed E-state index contributed by atoms with van der Waals surface area (Å²) in [5, 5.41) is 7.91. The van der Waals surface area contributed by atoms with Crippen LogP contribution in [-0.2, 0) is 0 Å². The Labute approximate surface area is 232 Å². The lowest BCUT2D eigenvalue weighted by Crippen LogP contribution is -2.29. The van der Waals surface area contributed by atoms with Crippen LogP contribution in [-0.4, -0.2) is 33.3 Å². The molecule has 5 N–H and O–H groups in total. The predicted molar refractivity (Wildman–Crippen MR) is 151 cm³/mol. The normalized spacial score (nSPS) is 11.8. The zero-order valence-electron chi connectivity index (χ0n) is 21.3. The Hall–Kier alpha value is -4.64. The van der Waals surface area contributed by atoms with Crippen molar-refractivity contribution in [2.24, 2.45) is 0 Å². The number of imidazole rings is 1. The van der Waals surface area contributed by atoms with E-state index < -0.39 is 29.3 Å². The number of nitrogens with zero attached hydrogens (tertiary/aromatic N) is 2. The number of nitrogens with two attached hydrogens (primary N) is 1. The second-order valence-corrected chi connectivity index (χ2v) is 10.1. The minimum Gasteiger partial charge on any atom is -0.396 e. The number of anilines is 1. The summed E-state index contributed by atoms with van der Waals surface area (Å²) in [7, 11) is 0. The van der Waals surface area contributed by atoms with Crippen LogP contribution < -0.4 is 16.4 Å². The number of amides is 2. The van der Waals surface area contributed by atoms with Crippen molar-refractivity contribution in [3.8, 4) is 11.3 Å². The van der Waals surface area contributed by atoms with Gasteiger partial charge in [0.15, 0.2) is 0 Å². The van der Waals surface area contributed by atoms with E-state index in [9.17, 15) is 18.4 Å². The number of halogens is 2. The van der Waals surface area contributed by atoms with E-state index in [2.05, 4.69) is 37.7 Å². The van der Waals surface area contributed by atoms with Crippen LogP contribution in [0.5, 0.6) is 0 Å². The third kappa shape index (κ3) is 6.15. The predicted octanol–water partition coefficient (Wildman–Crippen LogP) is 5.62. The van der Waals surface area contributed by atoms with Crippen molar-refractivity contribution in [3.63, 3.8) is 0 Å². The van der Waals surface area contributed by atoms with Gasteiger partial charge in [-0.05, 0) is 42.2 Å². The third-order valence-corrected chi connectivity index (χ3v) is 7.26. The Morgan fingerprint density at radius 2 is 1.82 bits per heavy atom. The largest absolute Gasteiger partial charge is 0.396 e. The van der Waals surface area contributed by atoms with Gasteiger partial charge in [-0.3, -0.25) is 14.6 Å². The summed E-state index contributed by atoms with van der Waals surface area (Å²) in [4.78, 5) is 37.6. The van der Waals surface area contributed by atoms with Crippen LogP contribution in [0.25, 0.3) is 22.0 Å². The number of aromatic nitrogens is 3. The second kappa shape index (κ2) is 12.0. The van der Waals surface area contributed by atoms with Gasteiger partial charge in [-0.15, -0.1) is 11.3 Å². The summed E-state index contributed by atoms with van der Waals surface area (Å²) in [5.74, 6) is -2.16. The molecule has 0 radical (unpaired) electrons. The molecule has 0 aliphatic carbocycles. The molecule has 8 nitrogen and oxygen atoms in total. The van der Waals surface area contributed by atoms with Gasteiger partial charge in [-0.25, -0.2) is 13.8 Å². The lowest BCUT2D eigenvalue weighted by molar-refractivity contribution is 0.0935. The average Bonchev–Trinajstić information content (AvgIpc) is 3.67. The molecule has 2 heterocycles. The smallest absolute Gasteiger partial charge is 0.263 e. The number of thiazole rings is 1. The highest BCUT2D eigenvalue weighted by atomic mass is 32.1. The fourth-order valence-corrected chi connectivity index (χ4v) is 4.92. The number of nitrogen functional groups attached to an aromatic ring is 1. The zero-order valence-corrected chi connectivity index (χ0v) is 22.1. The van der Waals surface area contributed by atoms with Gasteiger partial charge in [0, 0.05) is 18.2 Å². The quantitative estimate of drug-likeness (QED) is 0.130. The molecule has 1 atom stereocenters. The molecule has 0 bridgehead atoms. The van der Waals surface area contributed by atoms with Gasteiger partial charge in [0.25, 0.3) is 11.8 Å². The first-order valence-corrected chi connectivity index (χ1v) is 13.5. The van der Waals surface area contributed by atoms with Crippen LogP contribution in [0.3, 0.4) is 0 Å². The van der Waals surface area contributed by atoms with Crippen molar-refractivity contribution in [2.75, 3.05) is 12.3 Å². The summed E-state index contributed by atoms with van der Waals surface area (Å²) in [6.07, 6.45) is 4.95. The number of aromatic amines is 1. The molecular weight excluding hydrogens is 534 g/mol. The first kappa shape index (κ1) is 26.9. The summed E-state index contributed by atoms with van der Waals surface area (Å²) in [6.45, 7) is 0.256. The molecule has 3 aromatic carbocycles. The van der Waals surface area contributed by atoms with Gasteiger partial charge >= 0.3 is 0 Å². The van der Waals surface area contributed by atoms with Crippen molar-refractivity contribution in [1.29, 1.82) is 0 Å². The molecule has 0 fully saturated rings. The van der Waals surface area contributed by atoms with Gasteiger partial charge in [0.2, 0.25) is 0 Å². The molecule has 0 saturated carbocycles. The van der Waals surface area contributed by atoms with E-state index in [0.29, 0.717) is 36.0 Å². The SMILES string of the molecule is Nc1c(F)cc(F)cc1C(=O)NCCCC[C@H](NC(=O)c1cncs1)c1ncc(-c2ccc3ccccc3c2)[nH]1. The molecule has 0 saturated heterocycles. The number of hydrogen-bond donors (Lipinski definition) is 4. The first-order valence-electron chi connectivity index (χ1n) is 12.6. The van der Waals surface area contributed by atoms with Gasteiger partial charge in [-0.2, -0.15) is 0 Å². The number of carbonyl (C=O) groups is 2. The van der Waals surface area contributed by atoms with Crippen molar-refractivity contribution in [2.45, 2.75) is 25.3 Å². The molecule has 0 unspecified atom stereocenters. The summed E-state index contributed by atoms with van der Waals surface area (Å²) < 4.78 is 27.2. The van der Waals surface area contributed by atoms with Crippen LogP contribution in [0, 0.1) is 11.6 Å². The Balaban J connectivity index is 1.25. The van der Waals surface area contributed by atoms with E-state index in [-0.39, 0.29) is 18.0 Å². The van der Waals surface area contributed by atoms with Crippen LogP contribution in [0.4, 0.5) is 14.5 Å². The fraction of sp³-hybridized carbons (Fsp3) is 0.172. The molecule has 204 valence electrons. The number of fused-ring (bicyclic) bond motifs is 1. The van der Waals surface area contributed by atoms with Crippen molar-refractivity contribution in [3.05, 3.63) is 100 Å².